The number of nitrogens with zero attached hydrogens (tertiary/aromatic N) is 2. The molecule has 2 rings (SSSR count). The van der Waals surface area contributed by atoms with Crippen molar-refractivity contribution in [1.82, 2.24) is 10.2 Å². The summed E-state index contributed by atoms with van der Waals surface area (Å²) >= 11 is 0. The van der Waals surface area contributed by atoms with Crippen molar-refractivity contribution < 1.29 is 9.84 Å². The van der Waals surface area contributed by atoms with Crippen LogP contribution < -0.4 is 10.1 Å². The van der Waals surface area contributed by atoms with Gasteiger partial charge in [0.05, 0.1) is 6.10 Å². The molecule has 5 heteroatoms. The number of hydrogen-bond donors (Lipinski definition) is 2. The van der Waals surface area contributed by atoms with E-state index in [1.54, 1.807) is 0 Å². The zero-order valence-electron chi connectivity index (χ0n) is 13.2. The molecule has 0 bridgehead atoms. The van der Waals surface area contributed by atoms with E-state index in [1.807, 2.05) is 30.3 Å². The molecule has 0 amide bonds. The lowest BCUT2D eigenvalue weighted by Crippen LogP contribution is -2.37. The standard InChI is InChI=1S/C17H25N3O2/c1-14(15-4-6-17(7-5-15)22-11-8-18)19-12-16(21)13-20-9-2-3-10-20/h4-7,14,16,19,21H,2-3,9-13H2,1H3. The van der Waals surface area contributed by atoms with Crippen LogP contribution in [0.4, 0.5) is 0 Å². The molecule has 2 unspecified atom stereocenters. The van der Waals surface area contributed by atoms with Gasteiger partial charge < -0.3 is 20.1 Å². The Labute approximate surface area is 132 Å². The summed E-state index contributed by atoms with van der Waals surface area (Å²) in [7, 11) is 0. The van der Waals surface area contributed by atoms with Crippen LogP contribution >= 0.6 is 0 Å². The van der Waals surface area contributed by atoms with E-state index < -0.39 is 0 Å². The molecule has 1 aliphatic heterocycles. The Morgan fingerprint density at radius 2 is 2.00 bits per heavy atom. The van der Waals surface area contributed by atoms with Crippen molar-refractivity contribution in [3.63, 3.8) is 0 Å². The van der Waals surface area contributed by atoms with E-state index >= 15 is 0 Å². The van der Waals surface area contributed by atoms with Crippen molar-refractivity contribution in [2.45, 2.75) is 31.9 Å². The summed E-state index contributed by atoms with van der Waals surface area (Å²) in [4.78, 5) is 2.32. The lowest BCUT2D eigenvalue weighted by atomic mass is 10.1. The Hall–Kier alpha value is -1.61. The summed E-state index contributed by atoms with van der Waals surface area (Å²) in [5, 5.41) is 21.9. The number of nitrogens with one attached hydrogen (secondary N) is 1. The summed E-state index contributed by atoms with van der Waals surface area (Å²) in [6.07, 6.45) is 2.16. The lowest BCUT2D eigenvalue weighted by Gasteiger charge is -2.22. The molecule has 0 aliphatic carbocycles. The number of β-amino-alcohol motifs (C(OH)–C–C–N with tert-alkyl or cyclic N) is 1. The Bertz CT molecular complexity index is 478. The second-order valence-corrected chi connectivity index (χ2v) is 5.81. The maximum Gasteiger partial charge on any atom is 0.174 e. The molecule has 1 aliphatic rings. The van der Waals surface area contributed by atoms with Crippen LogP contribution in [0.3, 0.4) is 0 Å². The van der Waals surface area contributed by atoms with Crippen molar-refractivity contribution in [2.24, 2.45) is 0 Å². The molecular weight excluding hydrogens is 278 g/mol. The first kappa shape index (κ1) is 16.8. The fraction of sp³-hybridized carbons (Fsp3) is 0.588. The van der Waals surface area contributed by atoms with E-state index in [-0.39, 0.29) is 18.8 Å². The Balaban J connectivity index is 1.73. The molecule has 1 heterocycles. The molecule has 2 N–H and O–H groups in total. The predicted molar refractivity (Wildman–Crippen MR) is 85.6 cm³/mol. The molecule has 0 radical (unpaired) electrons. The Morgan fingerprint density at radius 1 is 1.32 bits per heavy atom. The number of likely N-dealkylation sites (tertiary alicyclic amines) is 1. The normalized spacial score (nSPS) is 17.9. The van der Waals surface area contributed by atoms with Crippen LogP contribution in [0.5, 0.6) is 5.75 Å². The molecule has 120 valence electrons. The van der Waals surface area contributed by atoms with Crippen LogP contribution in [0.1, 0.15) is 31.4 Å². The molecule has 1 fully saturated rings. The molecule has 1 aromatic carbocycles. The number of aliphatic hydroxyl groups is 1. The Morgan fingerprint density at radius 3 is 2.64 bits per heavy atom. The van der Waals surface area contributed by atoms with Gasteiger partial charge in [-0.05, 0) is 50.6 Å². The maximum atomic E-state index is 10.1. The summed E-state index contributed by atoms with van der Waals surface area (Å²) in [6.45, 7) is 5.70. The molecule has 2 atom stereocenters. The second kappa shape index (κ2) is 8.74. The van der Waals surface area contributed by atoms with E-state index in [0.717, 1.165) is 25.2 Å². The minimum absolute atomic E-state index is 0.0653. The van der Waals surface area contributed by atoms with E-state index in [4.69, 9.17) is 10.00 Å². The first-order valence-electron chi connectivity index (χ1n) is 7.92. The number of nitriles is 1. The van der Waals surface area contributed by atoms with Gasteiger partial charge in [0, 0.05) is 19.1 Å². The highest BCUT2D eigenvalue weighted by molar-refractivity contribution is 5.29. The van der Waals surface area contributed by atoms with Crippen LogP contribution in [0.2, 0.25) is 0 Å². The van der Waals surface area contributed by atoms with Crippen molar-refractivity contribution in [3.05, 3.63) is 29.8 Å². The number of hydrogen-bond acceptors (Lipinski definition) is 5. The third-order valence-corrected chi connectivity index (χ3v) is 4.01. The van der Waals surface area contributed by atoms with Gasteiger partial charge in [-0.1, -0.05) is 12.1 Å². The molecular formula is C17H25N3O2. The average Bonchev–Trinajstić information content (AvgIpc) is 3.04. The summed E-state index contributed by atoms with van der Waals surface area (Å²) in [6, 6.07) is 9.81. The smallest absolute Gasteiger partial charge is 0.174 e. The highest BCUT2D eigenvalue weighted by Gasteiger charge is 2.16. The monoisotopic (exact) mass is 303 g/mol. The average molecular weight is 303 g/mol. The quantitative estimate of drug-likeness (QED) is 0.765. The van der Waals surface area contributed by atoms with Gasteiger partial charge in [-0.3, -0.25) is 0 Å². The number of ether oxygens (including phenoxy) is 1. The molecule has 0 spiro atoms. The second-order valence-electron chi connectivity index (χ2n) is 5.81. The zero-order valence-corrected chi connectivity index (χ0v) is 13.2. The largest absolute Gasteiger partial charge is 0.479 e. The number of rotatable bonds is 8. The van der Waals surface area contributed by atoms with Crippen LogP contribution in [0.25, 0.3) is 0 Å². The van der Waals surface area contributed by atoms with E-state index in [1.165, 1.54) is 12.8 Å². The van der Waals surface area contributed by atoms with Gasteiger partial charge in [0.25, 0.3) is 0 Å². The topological polar surface area (TPSA) is 68.5 Å². The molecule has 0 saturated carbocycles. The zero-order chi connectivity index (χ0) is 15.8. The summed E-state index contributed by atoms with van der Waals surface area (Å²) in [5.74, 6) is 0.701. The van der Waals surface area contributed by atoms with Gasteiger partial charge in [-0.2, -0.15) is 5.26 Å². The van der Waals surface area contributed by atoms with Gasteiger partial charge in [0.2, 0.25) is 0 Å². The third-order valence-electron chi connectivity index (χ3n) is 4.01. The number of benzene rings is 1. The van der Waals surface area contributed by atoms with Crippen LogP contribution in [0.15, 0.2) is 24.3 Å². The van der Waals surface area contributed by atoms with E-state index in [9.17, 15) is 5.11 Å². The van der Waals surface area contributed by atoms with Crippen molar-refractivity contribution >= 4 is 0 Å². The Kier molecular flexibility index (Phi) is 6.66. The summed E-state index contributed by atoms with van der Waals surface area (Å²) in [5.41, 5.74) is 1.14. The highest BCUT2D eigenvalue weighted by Crippen LogP contribution is 2.17. The molecule has 1 saturated heterocycles. The van der Waals surface area contributed by atoms with Gasteiger partial charge in [-0.25, -0.2) is 0 Å². The lowest BCUT2D eigenvalue weighted by molar-refractivity contribution is 0.121. The van der Waals surface area contributed by atoms with Crippen molar-refractivity contribution in [3.8, 4) is 11.8 Å². The first-order valence-corrected chi connectivity index (χ1v) is 7.92. The van der Waals surface area contributed by atoms with Crippen LogP contribution in [-0.4, -0.2) is 48.9 Å². The minimum atomic E-state index is -0.334. The fourth-order valence-electron chi connectivity index (χ4n) is 2.73. The van der Waals surface area contributed by atoms with Crippen LogP contribution in [-0.2, 0) is 0 Å². The predicted octanol–water partition coefficient (Wildman–Crippen LogP) is 1.70. The fourth-order valence-corrected chi connectivity index (χ4v) is 2.73. The SMILES string of the molecule is CC(NCC(O)CN1CCCC1)c1ccc(OCC#N)cc1. The van der Waals surface area contributed by atoms with Crippen LogP contribution in [0, 0.1) is 11.3 Å². The van der Waals surface area contributed by atoms with Gasteiger partial charge in [-0.15, -0.1) is 0 Å². The third kappa shape index (κ3) is 5.30. The maximum absolute atomic E-state index is 10.1. The summed E-state index contributed by atoms with van der Waals surface area (Å²) < 4.78 is 5.24. The van der Waals surface area contributed by atoms with Gasteiger partial charge >= 0.3 is 0 Å². The minimum Gasteiger partial charge on any atom is -0.479 e. The molecule has 1 aromatic rings. The van der Waals surface area contributed by atoms with Gasteiger partial charge in [0.15, 0.2) is 6.61 Å². The van der Waals surface area contributed by atoms with E-state index in [2.05, 4.69) is 17.1 Å². The molecule has 0 aromatic heterocycles. The van der Waals surface area contributed by atoms with Crippen molar-refractivity contribution in [1.29, 1.82) is 5.26 Å². The van der Waals surface area contributed by atoms with E-state index in [0.29, 0.717) is 12.3 Å². The molecule has 22 heavy (non-hydrogen) atoms. The molecule has 5 nitrogen and oxygen atoms in total. The number of aliphatic hydroxyl groups excluding tert-OH is 1. The first-order chi connectivity index (χ1) is 10.7. The highest BCUT2D eigenvalue weighted by atomic mass is 16.5. The van der Waals surface area contributed by atoms with Gasteiger partial charge in [0.1, 0.15) is 11.8 Å². The van der Waals surface area contributed by atoms with Crippen molar-refractivity contribution in [2.75, 3.05) is 32.8 Å².